The van der Waals surface area contributed by atoms with E-state index in [2.05, 4.69) is 44.4 Å². The molecule has 0 bridgehead atoms. The molecule has 0 amide bonds. The highest BCUT2D eigenvalue weighted by Crippen LogP contribution is 2.37. The van der Waals surface area contributed by atoms with Gasteiger partial charge in [0.1, 0.15) is 28.2 Å². The molecule has 0 aliphatic heterocycles. The summed E-state index contributed by atoms with van der Waals surface area (Å²) in [6.07, 6.45) is 0. The highest BCUT2D eigenvalue weighted by molar-refractivity contribution is 7.91. The Bertz CT molecular complexity index is 2830. The molecular formula is C27H32N8O18S6. The van der Waals surface area contributed by atoms with Crippen molar-refractivity contribution in [2.24, 2.45) is 20.5 Å². The van der Waals surface area contributed by atoms with Gasteiger partial charge in [0.15, 0.2) is 25.5 Å². The summed E-state index contributed by atoms with van der Waals surface area (Å²) in [6, 6.07) is 9.32. The van der Waals surface area contributed by atoms with Crippen molar-refractivity contribution in [2.45, 2.75) is 16.7 Å². The zero-order valence-corrected chi connectivity index (χ0v) is 34.7. The predicted octanol–water partition coefficient (Wildman–Crippen LogP) is 1.88. The fraction of sp³-hybridized carbons (Fsp3) is 0.333. The van der Waals surface area contributed by atoms with E-state index < -0.39 is 126 Å². The van der Waals surface area contributed by atoms with Crippen molar-refractivity contribution in [2.75, 3.05) is 59.9 Å². The van der Waals surface area contributed by atoms with Crippen LogP contribution in [0.2, 0.25) is 0 Å². The minimum absolute atomic E-state index is 0.0380. The Hall–Kier alpha value is -4.66. The van der Waals surface area contributed by atoms with E-state index >= 15 is 0 Å². The summed E-state index contributed by atoms with van der Waals surface area (Å²) in [5, 5.41) is 30.8. The lowest BCUT2D eigenvalue weighted by atomic mass is 10.1. The Labute approximate surface area is 337 Å². The van der Waals surface area contributed by atoms with Gasteiger partial charge in [-0.1, -0.05) is 0 Å². The summed E-state index contributed by atoms with van der Waals surface area (Å²) >= 11 is 0. The molecule has 0 saturated heterocycles. The normalized spacial score (nSPS) is 13.2. The Morgan fingerprint density at radius 3 is 1.61 bits per heavy atom. The summed E-state index contributed by atoms with van der Waals surface area (Å²) in [7, 11) is -27.5. The number of nitrogens with zero attached hydrogens (tertiary/aromatic N) is 6. The van der Waals surface area contributed by atoms with Gasteiger partial charge in [0.2, 0.25) is 0 Å². The van der Waals surface area contributed by atoms with Gasteiger partial charge in [-0.15, -0.1) is 10.2 Å². The first-order valence-corrected chi connectivity index (χ1v) is 24.9. The molecule has 324 valence electrons. The lowest BCUT2D eigenvalue weighted by Crippen LogP contribution is -2.23. The summed E-state index contributed by atoms with van der Waals surface area (Å²) in [4.78, 5) is 2.92. The zero-order chi connectivity index (χ0) is 44.5. The van der Waals surface area contributed by atoms with Gasteiger partial charge in [0.05, 0.1) is 58.1 Å². The number of pyridine rings is 1. The second-order valence-corrected chi connectivity index (χ2v) is 21.0. The molecule has 0 aliphatic rings. The molecule has 59 heavy (non-hydrogen) atoms. The van der Waals surface area contributed by atoms with Crippen molar-refractivity contribution in [1.29, 1.82) is 5.26 Å². The van der Waals surface area contributed by atoms with Crippen molar-refractivity contribution >= 4 is 95.1 Å². The molecule has 0 radical (unpaired) electrons. The number of hydrogen-bond acceptors (Lipinski definition) is 22. The maximum absolute atomic E-state index is 12.5. The molecular weight excluding hydrogens is 917 g/mol. The predicted molar refractivity (Wildman–Crippen MR) is 204 cm³/mol. The molecule has 32 heteroatoms. The maximum atomic E-state index is 12.5. The molecule has 1 heterocycles. The van der Waals surface area contributed by atoms with Crippen molar-refractivity contribution < 1.29 is 77.1 Å². The van der Waals surface area contributed by atoms with E-state index in [1.807, 2.05) is 6.07 Å². The van der Waals surface area contributed by atoms with E-state index in [4.69, 9.17) is 13.7 Å². The Kier molecular flexibility index (Phi) is 16.2. The lowest BCUT2D eigenvalue weighted by Gasteiger charge is -2.16. The van der Waals surface area contributed by atoms with Crippen LogP contribution in [0, 0.1) is 18.3 Å². The lowest BCUT2D eigenvalue weighted by molar-refractivity contribution is 0.282. The van der Waals surface area contributed by atoms with E-state index in [9.17, 15) is 60.3 Å². The van der Waals surface area contributed by atoms with Gasteiger partial charge in [-0.25, -0.2) is 30.2 Å². The van der Waals surface area contributed by atoms with Crippen LogP contribution >= 0.6 is 0 Å². The van der Waals surface area contributed by atoms with Crippen LogP contribution in [0.4, 0.5) is 34.4 Å². The minimum atomic E-state index is -5.06. The van der Waals surface area contributed by atoms with Crippen LogP contribution in [0.25, 0.3) is 0 Å². The first-order chi connectivity index (χ1) is 27.1. The first-order valence-electron chi connectivity index (χ1n) is 15.7. The fourth-order valence-corrected chi connectivity index (χ4v) is 8.18. The van der Waals surface area contributed by atoms with Gasteiger partial charge in [-0.05, 0) is 49.4 Å². The van der Waals surface area contributed by atoms with Gasteiger partial charge in [-0.2, -0.15) is 49.2 Å². The summed E-state index contributed by atoms with van der Waals surface area (Å²) in [6.45, 7) is -1.43. The third-order valence-electron chi connectivity index (χ3n) is 7.09. The Morgan fingerprint density at radius 2 is 1.14 bits per heavy atom. The van der Waals surface area contributed by atoms with Gasteiger partial charge in [-0.3, -0.25) is 18.2 Å². The van der Waals surface area contributed by atoms with Crippen molar-refractivity contribution in [3.8, 4) is 6.07 Å². The monoisotopic (exact) mass is 948 g/mol. The highest BCUT2D eigenvalue weighted by atomic mass is 32.3. The molecule has 26 nitrogen and oxygen atoms in total. The molecule has 3 rings (SSSR count). The number of rotatable bonds is 22. The molecule has 3 aromatic rings. The van der Waals surface area contributed by atoms with E-state index in [1.54, 1.807) is 0 Å². The SMILES string of the molecule is Cc1c(C#N)c(NCCS(=O)(=O)CCOS(=O)(=O)O)nc(NCCS(=O)(=O)CCOS(=O)(=O)O)c1/N=N/c1ccc(/N=N/c2ccc(S(=O)(=O)O)cc2)cc1S(=O)(=O)O. The molecule has 0 unspecified atom stereocenters. The number of aromatic nitrogens is 1. The van der Waals surface area contributed by atoms with E-state index in [-0.39, 0.29) is 39.8 Å². The second-order valence-electron chi connectivity index (χ2n) is 11.4. The number of hydrogen-bond donors (Lipinski definition) is 6. The third kappa shape index (κ3) is 16.5. The van der Waals surface area contributed by atoms with Crippen molar-refractivity contribution in [1.82, 2.24) is 4.98 Å². The van der Waals surface area contributed by atoms with Gasteiger partial charge >= 0.3 is 20.8 Å². The number of sulfone groups is 2. The van der Waals surface area contributed by atoms with Crippen molar-refractivity contribution in [3.63, 3.8) is 0 Å². The minimum Gasteiger partial charge on any atom is -0.368 e. The molecule has 0 spiro atoms. The zero-order valence-electron chi connectivity index (χ0n) is 29.8. The second kappa shape index (κ2) is 19.6. The molecule has 0 saturated carbocycles. The Morgan fingerprint density at radius 1 is 0.644 bits per heavy atom. The molecule has 6 N–H and O–H groups in total. The van der Waals surface area contributed by atoms with Crippen LogP contribution < -0.4 is 10.6 Å². The third-order valence-corrected chi connectivity index (χ3v) is 13.0. The highest BCUT2D eigenvalue weighted by Gasteiger charge is 2.22. The summed E-state index contributed by atoms with van der Waals surface area (Å²) in [5.41, 5.74) is -1.18. The maximum Gasteiger partial charge on any atom is 0.397 e. The quantitative estimate of drug-likeness (QED) is 0.0618. The van der Waals surface area contributed by atoms with Gasteiger partial charge in [0, 0.05) is 18.7 Å². The van der Waals surface area contributed by atoms with E-state index in [0.717, 1.165) is 24.3 Å². The molecule has 2 aromatic carbocycles. The van der Waals surface area contributed by atoms with E-state index in [1.165, 1.54) is 25.1 Å². The van der Waals surface area contributed by atoms with Gasteiger partial charge < -0.3 is 10.6 Å². The molecule has 1 aromatic heterocycles. The first kappa shape index (κ1) is 48.7. The van der Waals surface area contributed by atoms with Gasteiger partial charge in [0.25, 0.3) is 20.2 Å². The van der Waals surface area contributed by atoms with Crippen LogP contribution in [0.15, 0.2) is 72.7 Å². The summed E-state index contributed by atoms with van der Waals surface area (Å²) < 4.78 is 184. The van der Waals surface area contributed by atoms with Crippen LogP contribution in [-0.4, -0.2) is 123 Å². The average Bonchev–Trinajstić information content (AvgIpc) is 3.08. The standard InChI is InChI=1S/C27H32N8O18S6/c1-18-22(17-28)26(29-8-12-54(36,37)14-10-52-58(46,47)48)31-27(30-9-13-55(38,39)15-11-53-59(49,50)51)25(18)35-34-23-7-4-20(16-24(23)57(43,44)45)33-32-19-2-5-21(6-3-19)56(40,41)42/h2-7,16H,8-15H2,1H3,(H2,29,30,31)(H,40,41,42)(H,43,44,45)(H,46,47,48)(H,49,50,51)/b33-32+,35-34+. The molecule has 0 fully saturated rings. The molecule has 0 aliphatic carbocycles. The number of anilines is 2. The molecule has 0 atom stereocenters. The number of nitriles is 1. The largest absolute Gasteiger partial charge is 0.397 e. The fourth-order valence-electron chi connectivity index (χ4n) is 4.35. The topological polar surface area (TPSA) is 414 Å². The van der Waals surface area contributed by atoms with Crippen LogP contribution in [0.3, 0.4) is 0 Å². The average molecular weight is 949 g/mol. The summed E-state index contributed by atoms with van der Waals surface area (Å²) in [5.74, 6) is -3.66. The van der Waals surface area contributed by atoms with Crippen LogP contribution in [-0.2, 0) is 69.1 Å². The van der Waals surface area contributed by atoms with Crippen molar-refractivity contribution in [3.05, 3.63) is 53.6 Å². The smallest absolute Gasteiger partial charge is 0.368 e. The van der Waals surface area contributed by atoms with Crippen LogP contribution in [0.1, 0.15) is 11.1 Å². The number of azo groups is 2. The number of nitrogens with one attached hydrogen (secondary N) is 2. The number of benzene rings is 2. The van der Waals surface area contributed by atoms with E-state index in [0.29, 0.717) is 0 Å². The van der Waals surface area contributed by atoms with Crippen LogP contribution in [0.5, 0.6) is 0 Å². The Balaban J connectivity index is 2.00.